The Kier molecular flexibility index (Phi) is 4.86. The standard InChI is InChI=1S/C18H20N4O2/c1-22-12-13(11-20-22)17-10-15(18(23)19-8-5-9-24-2)14-6-3-4-7-16(14)21-17/h3-4,6-7,10-12H,5,8-9H2,1-2H3,(H,19,23). The number of rotatable bonds is 6. The lowest BCUT2D eigenvalue weighted by atomic mass is 10.0. The zero-order valence-electron chi connectivity index (χ0n) is 13.8. The largest absolute Gasteiger partial charge is 0.385 e. The fourth-order valence-electron chi connectivity index (χ4n) is 2.58. The number of carbonyl (C=O) groups excluding carboxylic acids is 1. The van der Waals surface area contributed by atoms with Crippen molar-refractivity contribution in [2.75, 3.05) is 20.3 Å². The van der Waals surface area contributed by atoms with Crippen LogP contribution in [0.1, 0.15) is 16.8 Å². The summed E-state index contributed by atoms with van der Waals surface area (Å²) < 4.78 is 6.73. The van der Waals surface area contributed by atoms with Gasteiger partial charge in [0.2, 0.25) is 0 Å². The lowest BCUT2D eigenvalue weighted by Gasteiger charge is -2.10. The maximum Gasteiger partial charge on any atom is 0.252 e. The van der Waals surface area contributed by atoms with Gasteiger partial charge in [-0.05, 0) is 18.6 Å². The molecule has 0 bridgehead atoms. The summed E-state index contributed by atoms with van der Waals surface area (Å²) in [7, 11) is 3.51. The van der Waals surface area contributed by atoms with Crippen LogP contribution in [0.5, 0.6) is 0 Å². The fourth-order valence-corrected chi connectivity index (χ4v) is 2.58. The maximum atomic E-state index is 12.6. The number of para-hydroxylation sites is 1. The second-order valence-corrected chi connectivity index (χ2v) is 5.58. The average molecular weight is 324 g/mol. The molecule has 0 aliphatic carbocycles. The van der Waals surface area contributed by atoms with Crippen molar-refractivity contribution in [1.82, 2.24) is 20.1 Å². The Hall–Kier alpha value is -2.73. The first-order valence-electron chi connectivity index (χ1n) is 7.85. The topological polar surface area (TPSA) is 69.0 Å². The van der Waals surface area contributed by atoms with E-state index in [1.54, 1.807) is 18.0 Å². The SMILES string of the molecule is COCCCNC(=O)c1cc(-c2cnn(C)c2)nc2ccccc12. The molecule has 0 unspecified atom stereocenters. The van der Waals surface area contributed by atoms with Gasteiger partial charge in [0, 0.05) is 44.5 Å². The molecule has 0 aliphatic rings. The Balaban J connectivity index is 1.97. The number of nitrogens with one attached hydrogen (secondary N) is 1. The van der Waals surface area contributed by atoms with Crippen LogP contribution in [0.15, 0.2) is 42.7 Å². The third-order valence-electron chi connectivity index (χ3n) is 3.77. The highest BCUT2D eigenvalue weighted by Crippen LogP contribution is 2.24. The number of fused-ring (bicyclic) bond motifs is 1. The van der Waals surface area contributed by atoms with E-state index < -0.39 is 0 Å². The van der Waals surface area contributed by atoms with E-state index in [4.69, 9.17) is 4.74 Å². The number of pyridine rings is 1. The molecule has 1 N–H and O–H groups in total. The molecule has 0 saturated heterocycles. The number of aryl methyl sites for hydroxylation is 1. The van der Waals surface area contributed by atoms with E-state index in [1.807, 2.05) is 43.6 Å². The zero-order valence-corrected chi connectivity index (χ0v) is 13.8. The molecule has 6 heteroatoms. The van der Waals surface area contributed by atoms with Gasteiger partial charge in [-0.2, -0.15) is 5.10 Å². The molecule has 2 heterocycles. The first-order chi connectivity index (χ1) is 11.7. The normalized spacial score (nSPS) is 10.9. The van der Waals surface area contributed by atoms with E-state index in [0.717, 1.165) is 28.6 Å². The number of ether oxygens (including phenoxy) is 1. The summed E-state index contributed by atoms with van der Waals surface area (Å²) in [5.74, 6) is -0.102. The Morgan fingerprint density at radius 3 is 2.92 bits per heavy atom. The number of methoxy groups -OCH3 is 1. The van der Waals surface area contributed by atoms with E-state index in [9.17, 15) is 4.79 Å². The average Bonchev–Trinajstić information content (AvgIpc) is 3.04. The Bertz CT molecular complexity index is 857. The minimum absolute atomic E-state index is 0.102. The van der Waals surface area contributed by atoms with Gasteiger partial charge in [-0.1, -0.05) is 18.2 Å². The molecule has 0 atom stereocenters. The number of hydrogen-bond donors (Lipinski definition) is 1. The molecular weight excluding hydrogens is 304 g/mol. The summed E-state index contributed by atoms with van der Waals surface area (Å²) in [4.78, 5) is 17.3. The molecule has 2 aromatic heterocycles. The van der Waals surface area contributed by atoms with Crippen molar-refractivity contribution in [2.24, 2.45) is 7.05 Å². The lowest BCUT2D eigenvalue weighted by molar-refractivity contribution is 0.0950. The van der Waals surface area contributed by atoms with Gasteiger partial charge in [-0.15, -0.1) is 0 Å². The zero-order chi connectivity index (χ0) is 16.9. The Labute approximate surface area is 140 Å². The molecule has 0 saturated carbocycles. The van der Waals surface area contributed by atoms with Crippen LogP contribution in [0.25, 0.3) is 22.2 Å². The number of amides is 1. The van der Waals surface area contributed by atoms with Crippen molar-refractivity contribution in [3.8, 4) is 11.3 Å². The first-order valence-corrected chi connectivity index (χ1v) is 7.85. The molecule has 0 radical (unpaired) electrons. The highest BCUT2D eigenvalue weighted by atomic mass is 16.5. The van der Waals surface area contributed by atoms with Gasteiger partial charge in [-0.25, -0.2) is 4.98 Å². The quantitative estimate of drug-likeness (QED) is 0.707. The molecule has 0 fully saturated rings. The molecule has 124 valence electrons. The van der Waals surface area contributed by atoms with Gasteiger partial charge < -0.3 is 10.1 Å². The monoisotopic (exact) mass is 324 g/mol. The molecule has 3 aromatic rings. The lowest BCUT2D eigenvalue weighted by Crippen LogP contribution is -2.25. The second-order valence-electron chi connectivity index (χ2n) is 5.58. The molecule has 1 aromatic carbocycles. The minimum atomic E-state index is -0.102. The third-order valence-corrected chi connectivity index (χ3v) is 3.77. The van der Waals surface area contributed by atoms with E-state index in [-0.39, 0.29) is 5.91 Å². The Morgan fingerprint density at radius 1 is 1.33 bits per heavy atom. The van der Waals surface area contributed by atoms with Gasteiger partial charge in [0.05, 0.1) is 23.0 Å². The van der Waals surface area contributed by atoms with Crippen LogP contribution in [0, 0.1) is 0 Å². The van der Waals surface area contributed by atoms with Crippen molar-refractivity contribution in [1.29, 1.82) is 0 Å². The van der Waals surface area contributed by atoms with Crippen LogP contribution >= 0.6 is 0 Å². The van der Waals surface area contributed by atoms with Crippen molar-refractivity contribution >= 4 is 16.8 Å². The van der Waals surface area contributed by atoms with Gasteiger partial charge >= 0.3 is 0 Å². The van der Waals surface area contributed by atoms with Crippen molar-refractivity contribution in [2.45, 2.75) is 6.42 Å². The van der Waals surface area contributed by atoms with Crippen LogP contribution in [-0.4, -0.2) is 40.9 Å². The van der Waals surface area contributed by atoms with E-state index in [0.29, 0.717) is 18.7 Å². The van der Waals surface area contributed by atoms with Crippen LogP contribution in [0.3, 0.4) is 0 Å². The number of carbonyl (C=O) groups is 1. The van der Waals surface area contributed by atoms with E-state index >= 15 is 0 Å². The van der Waals surface area contributed by atoms with Crippen molar-refractivity contribution < 1.29 is 9.53 Å². The van der Waals surface area contributed by atoms with Crippen molar-refractivity contribution in [3.63, 3.8) is 0 Å². The molecule has 0 spiro atoms. The third kappa shape index (κ3) is 3.44. The summed E-state index contributed by atoms with van der Waals surface area (Å²) >= 11 is 0. The van der Waals surface area contributed by atoms with E-state index in [2.05, 4.69) is 15.4 Å². The van der Waals surface area contributed by atoms with Gasteiger partial charge in [-0.3, -0.25) is 9.48 Å². The summed E-state index contributed by atoms with van der Waals surface area (Å²) in [5.41, 5.74) is 3.04. The molecule has 0 aliphatic heterocycles. The summed E-state index contributed by atoms with van der Waals surface area (Å²) in [6.07, 6.45) is 4.41. The first kappa shape index (κ1) is 16.1. The van der Waals surface area contributed by atoms with Crippen molar-refractivity contribution in [3.05, 3.63) is 48.3 Å². The minimum Gasteiger partial charge on any atom is -0.385 e. The predicted octanol–water partition coefficient (Wildman–Crippen LogP) is 2.40. The molecule has 6 nitrogen and oxygen atoms in total. The molecular formula is C18H20N4O2. The Morgan fingerprint density at radius 2 is 2.17 bits per heavy atom. The smallest absolute Gasteiger partial charge is 0.252 e. The molecule has 1 amide bonds. The molecule has 3 rings (SSSR count). The van der Waals surface area contributed by atoms with Gasteiger partial charge in [0.1, 0.15) is 0 Å². The van der Waals surface area contributed by atoms with E-state index in [1.165, 1.54) is 0 Å². The number of nitrogens with zero attached hydrogens (tertiary/aromatic N) is 3. The highest BCUT2D eigenvalue weighted by molar-refractivity contribution is 6.07. The number of hydrogen-bond acceptors (Lipinski definition) is 4. The summed E-state index contributed by atoms with van der Waals surface area (Å²) in [5, 5.41) is 7.96. The van der Waals surface area contributed by atoms with Gasteiger partial charge in [0.15, 0.2) is 0 Å². The highest BCUT2D eigenvalue weighted by Gasteiger charge is 2.14. The predicted molar refractivity (Wildman–Crippen MR) is 92.8 cm³/mol. The summed E-state index contributed by atoms with van der Waals surface area (Å²) in [6.45, 7) is 1.20. The second kappa shape index (κ2) is 7.23. The number of benzene rings is 1. The summed E-state index contributed by atoms with van der Waals surface area (Å²) in [6, 6.07) is 9.49. The molecule has 24 heavy (non-hydrogen) atoms. The van der Waals surface area contributed by atoms with Crippen LogP contribution in [0.2, 0.25) is 0 Å². The fraction of sp³-hybridized carbons (Fsp3) is 0.278. The maximum absolute atomic E-state index is 12.6. The van der Waals surface area contributed by atoms with Crippen LogP contribution in [0.4, 0.5) is 0 Å². The van der Waals surface area contributed by atoms with Crippen LogP contribution in [-0.2, 0) is 11.8 Å². The van der Waals surface area contributed by atoms with Gasteiger partial charge in [0.25, 0.3) is 5.91 Å². The van der Waals surface area contributed by atoms with Crippen LogP contribution < -0.4 is 5.32 Å². The number of aromatic nitrogens is 3.